The van der Waals surface area contributed by atoms with Crippen LogP contribution in [0.15, 0.2) is 59.3 Å². The minimum absolute atomic E-state index is 0.143. The maximum atomic E-state index is 13.8. The van der Waals surface area contributed by atoms with Crippen LogP contribution in [0.4, 0.5) is 10.1 Å². The molecule has 1 saturated heterocycles. The summed E-state index contributed by atoms with van der Waals surface area (Å²) in [5, 5.41) is 6.13. The van der Waals surface area contributed by atoms with Crippen molar-refractivity contribution in [2.24, 2.45) is 4.74 Å². The number of rotatable bonds is 5. The fraction of sp³-hybridized carbons (Fsp3) is 0.444. The quantitative estimate of drug-likeness (QED) is 0.411. The maximum Gasteiger partial charge on any atom is 0.123 e. The van der Waals surface area contributed by atoms with Gasteiger partial charge in [-0.2, -0.15) is 5.10 Å². The normalized spacial score (nSPS) is 17.5. The van der Waals surface area contributed by atoms with E-state index in [1.807, 2.05) is 30.3 Å². The van der Waals surface area contributed by atoms with Gasteiger partial charge in [-0.1, -0.05) is 45.9 Å². The van der Waals surface area contributed by atoms with E-state index in [9.17, 15) is 4.39 Å². The lowest BCUT2D eigenvalue weighted by Gasteiger charge is -2.48. The molecule has 0 radical (unpaired) electrons. The number of nitrogens with zero attached hydrogens (tertiary/aromatic N) is 5. The standard InChI is InChI=1S/C27H37FN5P/c1-7-31-17-19-32(20-18-31)34(27(4,5)6,30-24-15-13-23(28)14-16-24)26-21(2)29-33(22(26)3)25-11-9-8-10-12-25/h8-16H,7,17-20H2,1-6H3. The largest absolute Gasteiger partial charge is 0.301 e. The number of hydrogen-bond donors (Lipinski definition) is 0. The molecule has 2 heterocycles. The van der Waals surface area contributed by atoms with Gasteiger partial charge in [0.1, 0.15) is 5.82 Å². The Morgan fingerprint density at radius 3 is 2.12 bits per heavy atom. The zero-order valence-electron chi connectivity index (χ0n) is 21.3. The number of benzene rings is 2. The van der Waals surface area contributed by atoms with Gasteiger partial charge in [0, 0.05) is 31.3 Å². The fourth-order valence-electron chi connectivity index (χ4n) is 5.09. The van der Waals surface area contributed by atoms with Crippen LogP contribution in [-0.2, 0) is 0 Å². The zero-order chi connectivity index (χ0) is 24.5. The molecule has 1 aliphatic rings. The molecule has 4 rings (SSSR count). The van der Waals surface area contributed by atoms with Crippen LogP contribution < -0.4 is 5.30 Å². The van der Waals surface area contributed by atoms with Crippen molar-refractivity contribution in [2.75, 3.05) is 32.7 Å². The second-order valence-electron chi connectivity index (χ2n) is 10.0. The summed E-state index contributed by atoms with van der Waals surface area (Å²) in [5.74, 6) is -0.237. The third-order valence-electron chi connectivity index (χ3n) is 6.79. The number of piperazine rings is 1. The van der Waals surface area contributed by atoms with Crippen molar-refractivity contribution in [3.8, 4) is 5.69 Å². The summed E-state index contributed by atoms with van der Waals surface area (Å²) in [6.07, 6.45) is 0. The van der Waals surface area contributed by atoms with Gasteiger partial charge < -0.3 is 4.90 Å². The molecule has 3 aromatic rings. The lowest BCUT2D eigenvalue weighted by atomic mass is 10.3. The Morgan fingerprint density at radius 2 is 1.56 bits per heavy atom. The van der Waals surface area contributed by atoms with Gasteiger partial charge in [-0.25, -0.2) is 13.8 Å². The number of likely N-dealkylation sites (N-methyl/N-ethyl adjacent to an activating group) is 1. The first-order valence-electron chi connectivity index (χ1n) is 12.2. The molecular weight excluding hydrogens is 444 g/mol. The first kappa shape index (κ1) is 24.8. The Balaban J connectivity index is 2.00. The minimum Gasteiger partial charge on any atom is -0.301 e. The Hall–Kier alpha value is -2.27. The van der Waals surface area contributed by atoms with E-state index in [-0.39, 0.29) is 11.0 Å². The van der Waals surface area contributed by atoms with Crippen molar-refractivity contribution in [3.63, 3.8) is 0 Å². The molecular formula is C27H37FN5P. The predicted molar refractivity (Wildman–Crippen MR) is 142 cm³/mol. The summed E-state index contributed by atoms with van der Waals surface area (Å²) < 4.78 is 24.0. The van der Waals surface area contributed by atoms with E-state index in [1.54, 1.807) is 0 Å². The zero-order valence-corrected chi connectivity index (χ0v) is 22.2. The molecule has 5 nitrogen and oxygen atoms in total. The average Bonchev–Trinajstić information content (AvgIpc) is 3.13. The van der Waals surface area contributed by atoms with Gasteiger partial charge in [0.05, 0.1) is 35.3 Å². The Bertz CT molecular complexity index is 1170. The molecule has 0 bridgehead atoms. The molecule has 0 amide bonds. The topological polar surface area (TPSA) is 36.7 Å². The number of aromatic nitrogens is 2. The van der Waals surface area contributed by atoms with Crippen LogP contribution in [-0.4, -0.2) is 57.2 Å². The molecule has 0 N–H and O–H groups in total. The Kier molecular flexibility index (Phi) is 7.14. The molecule has 1 unspecified atom stereocenters. The smallest absolute Gasteiger partial charge is 0.123 e. The molecule has 1 fully saturated rings. The van der Waals surface area contributed by atoms with E-state index in [2.05, 4.69) is 67.9 Å². The van der Waals surface area contributed by atoms with Crippen molar-refractivity contribution >= 4 is 18.2 Å². The predicted octanol–water partition coefficient (Wildman–Crippen LogP) is 6.14. The summed E-state index contributed by atoms with van der Waals surface area (Å²) in [5.41, 5.74) is 4.04. The first-order valence-corrected chi connectivity index (χ1v) is 13.8. The van der Waals surface area contributed by atoms with Gasteiger partial charge in [0.2, 0.25) is 0 Å². The van der Waals surface area contributed by atoms with Crippen molar-refractivity contribution in [2.45, 2.75) is 46.7 Å². The van der Waals surface area contributed by atoms with Crippen LogP contribution in [0, 0.1) is 19.7 Å². The second kappa shape index (κ2) is 9.77. The highest BCUT2D eigenvalue weighted by atomic mass is 31.2. The summed E-state index contributed by atoms with van der Waals surface area (Å²) in [7, 11) is -2.33. The Morgan fingerprint density at radius 1 is 0.941 bits per heavy atom. The van der Waals surface area contributed by atoms with Crippen molar-refractivity contribution < 1.29 is 4.39 Å². The highest BCUT2D eigenvalue weighted by Gasteiger charge is 2.45. The van der Waals surface area contributed by atoms with Gasteiger partial charge in [-0.15, -0.1) is 0 Å². The fourth-order valence-corrected chi connectivity index (χ4v) is 9.68. The van der Waals surface area contributed by atoms with Gasteiger partial charge in [-0.3, -0.25) is 4.67 Å². The van der Waals surface area contributed by atoms with Crippen LogP contribution in [0.5, 0.6) is 0 Å². The van der Waals surface area contributed by atoms with E-state index in [0.717, 1.165) is 55.5 Å². The van der Waals surface area contributed by atoms with Crippen molar-refractivity contribution in [1.82, 2.24) is 19.4 Å². The van der Waals surface area contributed by atoms with Crippen LogP contribution in [0.25, 0.3) is 5.69 Å². The third kappa shape index (κ3) is 4.51. The molecule has 1 atom stereocenters. The molecule has 182 valence electrons. The van der Waals surface area contributed by atoms with Crippen LogP contribution in [0.2, 0.25) is 0 Å². The van der Waals surface area contributed by atoms with Crippen LogP contribution >= 0.6 is 7.21 Å². The highest BCUT2D eigenvalue weighted by Crippen LogP contribution is 2.65. The lowest BCUT2D eigenvalue weighted by Crippen LogP contribution is -2.49. The van der Waals surface area contributed by atoms with Crippen LogP contribution in [0.3, 0.4) is 0 Å². The van der Waals surface area contributed by atoms with Crippen molar-refractivity contribution in [3.05, 3.63) is 71.8 Å². The highest BCUT2D eigenvalue weighted by molar-refractivity contribution is 7.73. The van der Waals surface area contributed by atoms with Gasteiger partial charge in [0.25, 0.3) is 0 Å². The molecule has 7 heteroatoms. The number of para-hydroxylation sites is 1. The van der Waals surface area contributed by atoms with E-state index in [4.69, 9.17) is 9.84 Å². The average molecular weight is 482 g/mol. The molecule has 2 aromatic carbocycles. The number of halogens is 1. The molecule has 1 aliphatic heterocycles. The SMILES string of the molecule is CCN1CCN(P(=Nc2ccc(F)cc2)(c2c(C)nn(-c3ccccc3)c2C)C(C)(C)C)CC1. The molecule has 1 aromatic heterocycles. The van der Waals surface area contributed by atoms with Crippen molar-refractivity contribution in [1.29, 1.82) is 0 Å². The van der Waals surface area contributed by atoms with Gasteiger partial charge in [-0.05, 0) is 56.8 Å². The summed E-state index contributed by atoms with van der Waals surface area (Å²) in [6.45, 7) is 18.5. The summed E-state index contributed by atoms with van der Waals surface area (Å²) in [4.78, 5) is 2.50. The molecule has 0 aliphatic carbocycles. The maximum absolute atomic E-state index is 13.8. The van der Waals surface area contributed by atoms with E-state index in [1.165, 1.54) is 17.4 Å². The lowest BCUT2D eigenvalue weighted by molar-refractivity contribution is 0.198. The van der Waals surface area contributed by atoms with Crippen LogP contribution in [0.1, 0.15) is 39.1 Å². The van der Waals surface area contributed by atoms with Gasteiger partial charge in [0.15, 0.2) is 0 Å². The molecule has 0 saturated carbocycles. The third-order valence-corrected chi connectivity index (χ3v) is 11.7. The van der Waals surface area contributed by atoms with E-state index < -0.39 is 7.21 Å². The summed E-state index contributed by atoms with van der Waals surface area (Å²) in [6, 6.07) is 17.0. The van der Waals surface area contributed by atoms with E-state index >= 15 is 0 Å². The minimum atomic E-state index is -2.33. The molecule has 0 spiro atoms. The van der Waals surface area contributed by atoms with Gasteiger partial charge >= 0.3 is 0 Å². The number of hydrogen-bond acceptors (Lipinski definition) is 3. The first-order chi connectivity index (χ1) is 16.2. The number of aryl methyl sites for hydroxylation is 1. The summed E-state index contributed by atoms with van der Waals surface area (Å²) >= 11 is 0. The second-order valence-corrected chi connectivity index (χ2v) is 13.8. The molecule has 34 heavy (non-hydrogen) atoms. The Labute approximate surface area is 203 Å². The van der Waals surface area contributed by atoms with E-state index in [0.29, 0.717) is 0 Å². The monoisotopic (exact) mass is 481 g/mol.